The minimum Gasteiger partial charge on any atom is -0.465 e. The Morgan fingerprint density at radius 1 is 0.692 bits per heavy atom. The minimum absolute atomic E-state index is 0.0278. The van der Waals surface area contributed by atoms with Gasteiger partial charge in [-0.1, -0.05) is 0 Å². The number of esters is 1. The Morgan fingerprint density at radius 3 is 1.41 bits per heavy atom. The highest BCUT2D eigenvalue weighted by Crippen LogP contribution is 2.43. The summed E-state index contributed by atoms with van der Waals surface area (Å²) in [5, 5.41) is 9.39. The summed E-state index contributed by atoms with van der Waals surface area (Å²) in [6.07, 6.45) is 3.38. The zero-order valence-electron chi connectivity index (χ0n) is 25.1. The van der Waals surface area contributed by atoms with Gasteiger partial charge in [0.05, 0.1) is 13.2 Å². The molecule has 0 aromatic carbocycles. The fourth-order valence-electron chi connectivity index (χ4n) is 5.09. The molecule has 2 aliphatic carbocycles. The van der Waals surface area contributed by atoms with Gasteiger partial charge in [0.2, 0.25) is 0 Å². The van der Waals surface area contributed by atoms with E-state index >= 15 is 0 Å². The fraction of sp³-hybridized carbons (Fsp3) is 0.893. The summed E-state index contributed by atoms with van der Waals surface area (Å²) in [4.78, 5) is 43.9. The third kappa shape index (κ3) is 8.44. The number of amides is 2. The molecule has 4 rings (SSSR count). The molecule has 2 amide bonds. The highest BCUT2D eigenvalue weighted by molar-refractivity contribution is 5.84. The van der Waals surface area contributed by atoms with E-state index < -0.39 is 16.7 Å². The first-order valence-electron chi connectivity index (χ1n) is 14.4. The van der Waals surface area contributed by atoms with Gasteiger partial charge in [-0.05, 0) is 74.1 Å². The van der Waals surface area contributed by atoms with Crippen molar-refractivity contribution in [2.75, 3.05) is 65.6 Å². The van der Waals surface area contributed by atoms with Crippen molar-refractivity contribution in [3.05, 3.63) is 0 Å². The summed E-state index contributed by atoms with van der Waals surface area (Å²) in [5.74, 6) is -0.115. The van der Waals surface area contributed by atoms with Gasteiger partial charge in [0.25, 0.3) is 0 Å². The number of carbonyl (C=O) groups is 3. The Kier molecular flexibility index (Phi) is 9.81. The van der Waals surface area contributed by atoms with Crippen LogP contribution in [0.4, 0.5) is 9.59 Å². The van der Waals surface area contributed by atoms with E-state index in [0.29, 0.717) is 45.9 Å². The van der Waals surface area contributed by atoms with E-state index in [1.54, 1.807) is 9.80 Å². The van der Waals surface area contributed by atoms with E-state index in [2.05, 4.69) is 9.80 Å². The van der Waals surface area contributed by atoms with Crippen LogP contribution in [0.25, 0.3) is 0 Å². The van der Waals surface area contributed by atoms with Crippen molar-refractivity contribution in [1.29, 1.82) is 0 Å². The van der Waals surface area contributed by atoms with Gasteiger partial charge in [-0.25, -0.2) is 9.59 Å². The number of piperazine rings is 2. The molecular formula is C28H50N4O7. The second-order valence-corrected chi connectivity index (χ2v) is 13.0. The summed E-state index contributed by atoms with van der Waals surface area (Å²) in [5.41, 5.74) is -1.30. The first kappa shape index (κ1) is 31.4. The molecule has 0 aromatic heterocycles. The molecule has 0 radical (unpaired) electrons. The number of aliphatic hydroxyl groups is 1. The first-order valence-corrected chi connectivity index (χ1v) is 14.4. The maximum Gasteiger partial charge on any atom is 0.410 e. The van der Waals surface area contributed by atoms with Crippen LogP contribution in [0.1, 0.15) is 74.1 Å². The van der Waals surface area contributed by atoms with Gasteiger partial charge < -0.3 is 29.1 Å². The molecule has 11 heteroatoms. The molecule has 4 fully saturated rings. The Hall–Kier alpha value is -2.11. The Bertz CT molecular complexity index is 858. The summed E-state index contributed by atoms with van der Waals surface area (Å²) in [7, 11) is 0. The van der Waals surface area contributed by atoms with E-state index in [1.165, 1.54) is 0 Å². The smallest absolute Gasteiger partial charge is 0.410 e. The maximum atomic E-state index is 12.1. The fourth-order valence-corrected chi connectivity index (χ4v) is 5.09. The lowest BCUT2D eigenvalue weighted by Crippen LogP contribution is -2.56. The van der Waals surface area contributed by atoms with E-state index in [1.807, 2.05) is 48.5 Å². The van der Waals surface area contributed by atoms with Crippen molar-refractivity contribution in [1.82, 2.24) is 19.6 Å². The average Bonchev–Trinajstić information content (AvgIpc) is 3.78. The SMILES string of the molecule is CC(C)(C)OC(=O)N1CCN(C2(CO)CC2)CC1.CCOC(=O)C1(N2CCN(C(=O)OC(C)(C)C)CC2)CC1. The number of rotatable bonds is 5. The van der Waals surface area contributed by atoms with Crippen molar-refractivity contribution in [2.45, 2.75) is 96.4 Å². The molecule has 0 aromatic rings. The Labute approximate surface area is 233 Å². The van der Waals surface area contributed by atoms with Gasteiger partial charge >= 0.3 is 18.2 Å². The third-order valence-electron chi connectivity index (χ3n) is 7.64. The van der Waals surface area contributed by atoms with E-state index in [4.69, 9.17) is 14.2 Å². The molecule has 224 valence electrons. The predicted octanol–water partition coefficient (Wildman–Crippen LogP) is 2.70. The van der Waals surface area contributed by atoms with Crippen LogP contribution in [-0.2, 0) is 19.0 Å². The van der Waals surface area contributed by atoms with Crippen LogP contribution in [0.15, 0.2) is 0 Å². The number of aliphatic hydroxyl groups excluding tert-OH is 1. The molecule has 11 nitrogen and oxygen atoms in total. The lowest BCUT2D eigenvalue weighted by atomic mass is 10.2. The molecule has 2 saturated heterocycles. The molecule has 0 unspecified atom stereocenters. The van der Waals surface area contributed by atoms with Crippen molar-refractivity contribution >= 4 is 18.2 Å². The first-order chi connectivity index (χ1) is 18.1. The van der Waals surface area contributed by atoms with Gasteiger partial charge in [0, 0.05) is 57.9 Å². The van der Waals surface area contributed by atoms with Crippen molar-refractivity contribution in [3.8, 4) is 0 Å². The summed E-state index contributed by atoms with van der Waals surface area (Å²) >= 11 is 0. The molecule has 2 heterocycles. The minimum atomic E-state index is -0.475. The quantitative estimate of drug-likeness (QED) is 0.405. The molecule has 0 atom stereocenters. The van der Waals surface area contributed by atoms with Crippen molar-refractivity contribution in [2.24, 2.45) is 0 Å². The highest BCUT2D eigenvalue weighted by atomic mass is 16.6. The summed E-state index contributed by atoms with van der Waals surface area (Å²) in [6, 6.07) is 0. The zero-order chi connectivity index (χ0) is 29.1. The van der Waals surface area contributed by atoms with Crippen LogP contribution < -0.4 is 0 Å². The number of hydrogen-bond acceptors (Lipinski definition) is 9. The van der Waals surface area contributed by atoms with Crippen LogP contribution in [-0.4, -0.2) is 131 Å². The Morgan fingerprint density at radius 2 is 1.10 bits per heavy atom. The molecule has 4 aliphatic rings. The largest absolute Gasteiger partial charge is 0.465 e. The lowest BCUT2D eigenvalue weighted by molar-refractivity contribution is -0.152. The molecular weight excluding hydrogens is 504 g/mol. The van der Waals surface area contributed by atoms with E-state index in [0.717, 1.165) is 38.8 Å². The number of nitrogens with zero attached hydrogens (tertiary/aromatic N) is 4. The monoisotopic (exact) mass is 554 g/mol. The summed E-state index contributed by atoms with van der Waals surface area (Å²) in [6.45, 7) is 19.3. The van der Waals surface area contributed by atoms with Gasteiger partial charge in [-0.3, -0.25) is 14.6 Å². The maximum absolute atomic E-state index is 12.1. The lowest BCUT2D eigenvalue weighted by Gasteiger charge is -2.39. The molecule has 0 spiro atoms. The van der Waals surface area contributed by atoms with E-state index in [9.17, 15) is 19.5 Å². The van der Waals surface area contributed by atoms with Gasteiger partial charge in [0.15, 0.2) is 0 Å². The average molecular weight is 555 g/mol. The topological polar surface area (TPSA) is 112 Å². The van der Waals surface area contributed by atoms with E-state index in [-0.39, 0.29) is 30.3 Å². The summed E-state index contributed by atoms with van der Waals surface area (Å²) < 4.78 is 15.9. The molecule has 1 N–H and O–H groups in total. The van der Waals surface area contributed by atoms with Gasteiger partial charge in [-0.15, -0.1) is 0 Å². The van der Waals surface area contributed by atoms with Crippen LogP contribution in [0, 0.1) is 0 Å². The third-order valence-corrected chi connectivity index (χ3v) is 7.64. The second kappa shape index (κ2) is 12.2. The van der Waals surface area contributed by atoms with Crippen molar-refractivity contribution in [3.63, 3.8) is 0 Å². The Balaban J connectivity index is 0.000000218. The van der Waals surface area contributed by atoms with Crippen molar-refractivity contribution < 1.29 is 33.7 Å². The van der Waals surface area contributed by atoms with Gasteiger partial charge in [0.1, 0.15) is 16.7 Å². The van der Waals surface area contributed by atoms with Crippen LogP contribution in [0.3, 0.4) is 0 Å². The standard InChI is InChI=1S/C15H26N2O4.C13H24N2O3/c1-5-20-12(18)15(6-7-15)17-10-8-16(9-11-17)13(19)21-14(2,3)4;1-12(2,3)18-11(17)14-6-8-15(9-7-14)13(10-16)4-5-13/h5-11H2,1-4H3;16H,4-10H2,1-3H3. The zero-order valence-corrected chi connectivity index (χ0v) is 25.1. The molecule has 39 heavy (non-hydrogen) atoms. The van der Waals surface area contributed by atoms with Crippen LogP contribution >= 0.6 is 0 Å². The number of ether oxygens (including phenoxy) is 3. The highest BCUT2D eigenvalue weighted by Gasteiger charge is 2.56. The van der Waals surface area contributed by atoms with Crippen LogP contribution in [0.5, 0.6) is 0 Å². The molecule has 2 saturated carbocycles. The number of carbonyl (C=O) groups excluding carboxylic acids is 3. The van der Waals surface area contributed by atoms with Crippen LogP contribution in [0.2, 0.25) is 0 Å². The second-order valence-electron chi connectivity index (χ2n) is 13.0. The normalized spacial score (nSPS) is 22.8. The molecule has 0 bridgehead atoms. The van der Waals surface area contributed by atoms with Gasteiger partial charge in [-0.2, -0.15) is 0 Å². The predicted molar refractivity (Wildman–Crippen MR) is 146 cm³/mol. The number of hydrogen-bond donors (Lipinski definition) is 1. The molecule has 2 aliphatic heterocycles.